The highest BCUT2D eigenvalue weighted by atomic mass is 32.2. The van der Waals surface area contributed by atoms with Crippen molar-refractivity contribution in [2.75, 3.05) is 6.61 Å². The average Bonchev–Trinajstić information content (AvgIpc) is 2.27. The molecule has 1 aromatic carbocycles. The van der Waals surface area contributed by atoms with E-state index in [4.69, 9.17) is 0 Å². The molecule has 1 aromatic rings. The van der Waals surface area contributed by atoms with Crippen molar-refractivity contribution in [3.05, 3.63) is 29.8 Å². The highest BCUT2D eigenvalue weighted by molar-refractivity contribution is 7.90. The summed E-state index contributed by atoms with van der Waals surface area (Å²) in [5.41, 5.74) is -0.984. The number of ether oxygens (including phenoxy) is 1. The molecule has 106 valence electrons. The van der Waals surface area contributed by atoms with Crippen molar-refractivity contribution >= 4 is 16.1 Å². The van der Waals surface area contributed by atoms with E-state index >= 15 is 0 Å². The zero-order valence-corrected chi connectivity index (χ0v) is 10.5. The fraction of sp³-hybridized carbons (Fsp3) is 0.300. The molecule has 0 heterocycles. The quantitative estimate of drug-likeness (QED) is 0.927. The number of hydrogen-bond acceptors (Lipinski definition) is 4. The maximum atomic E-state index is 12.3. The molecule has 0 saturated heterocycles. The molecule has 0 fully saturated rings. The summed E-state index contributed by atoms with van der Waals surface area (Å²) < 4.78 is 66.0. The smallest absolute Gasteiger partial charge is 0.421 e. The van der Waals surface area contributed by atoms with E-state index in [0.717, 1.165) is 12.1 Å². The van der Waals surface area contributed by atoms with E-state index in [0.29, 0.717) is 12.1 Å². The third-order valence-corrected chi connectivity index (χ3v) is 3.31. The number of nitrogens with one attached hydrogen (secondary N) is 1. The topological polar surface area (TPSA) is 72.5 Å². The molecule has 0 spiro atoms. The molecule has 0 aliphatic rings. The van der Waals surface area contributed by atoms with Crippen LogP contribution in [-0.2, 0) is 20.9 Å². The van der Waals surface area contributed by atoms with Gasteiger partial charge < -0.3 is 4.74 Å². The predicted octanol–water partition coefficient (Wildman–Crippen LogP) is 2.14. The summed E-state index contributed by atoms with van der Waals surface area (Å²) in [7, 11) is -4.24. The van der Waals surface area contributed by atoms with E-state index in [1.165, 1.54) is 6.92 Å². The van der Waals surface area contributed by atoms with Gasteiger partial charge in [0.05, 0.1) is 17.1 Å². The molecule has 0 aliphatic carbocycles. The minimum atomic E-state index is -4.56. The molecule has 0 unspecified atom stereocenters. The van der Waals surface area contributed by atoms with Gasteiger partial charge in [-0.25, -0.2) is 17.9 Å². The maximum Gasteiger partial charge on any atom is 0.421 e. The number of carbonyl (C=O) groups is 1. The Bertz CT molecular complexity index is 551. The van der Waals surface area contributed by atoms with E-state index in [-0.39, 0.29) is 6.61 Å². The number of sulfonamides is 1. The van der Waals surface area contributed by atoms with Gasteiger partial charge in [0, 0.05) is 0 Å². The molecular formula is C10H10F3NO4S. The first-order valence-corrected chi connectivity index (χ1v) is 6.52. The van der Waals surface area contributed by atoms with Crippen LogP contribution in [0.25, 0.3) is 0 Å². The standard InChI is InChI=1S/C10H10F3NO4S/c1-2-18-9(15)14-19(16,17)8-5-3-7(4-6-8)10(11,12)13/h3-6H,2H2,1H3,(H,14,15). The van der Waals surface area contributed by atoms with E-state index < -0.39 is 32.8 Å². The highest BCUT2D eigenvalue weighted by Gasteiger charge is 2.30. The second kappa shape index (κ2) is 5.47. The molecule has 0 radical (unpaired) electrons. The van der Waals surface area contributed by atoms with Gasteiger partial charge in [-0.15, -0.1) is 0 Å². The molecule has 9 heteroatoms. The van der Waals surface area contributed by atoms with Crippen LogP contribution in [0.3, 0.4) is 0 Å². The molecule has 0 bridgehead atoms. The Labute approximate surface area is 107 Å². The Kier molecular flexibility index (Phi) is 4.40. The van der Waals surface area contributed by atoms with Crippen LogP contribution in [0.4, 0.5) is 18.0 Å². The summed E-state index contributed by atoms with van der Waals surface area (Å²) in [5, 5.41) is 0. The van der Waals surface area contributed by atoms with Crippen molar-refractivity contribution in [2.24, 2.45) is 0 Å². The van der Waals surface area contributed by atoms with E-state index in [1.54, 1.807) is 4.72 Å². The van der Waals surface area contributed by atoms with Crippen LogP contribution in [0.2, 0.25) is 0 Å². The van der Waals surface area contributed by atoms with Crippen LogP contribution in [0.5, 0.6) is 0 Å². The summed E-state index contributed by atoms with van der Waals surface area (Å²) in [4.78, 5) is 10.5. The second-order valence-electron chi connectivity index (χ2n) is 3.35. The molecule has 5 nitrogen and oxygen atoms in total. The van der Waals surface area contributed by atoms with Gasteiger partial charge in [0.1, 0.15) is 0 Å². The molecule has 0 aliphatic heterocycles. The van der Waals surface area contributed by atoms with Crippen LogP contribution in [-0.4, -0.2) is 21.1 Å². The van der Waals surface area contributed by atoms with Crippen LogP contribution in [0, 0.1) is 0 Å². The van der Waals surface area contributed by atoms with Gasteiger partial charge in [0.2, 0.25) is 0 Å². The van der Waals surface area contributed by atoms with Crippen molar-refractivity contribution in [1.29, 1.82) is 0 Å². The minimum Gasteiger partial charge on any atom is -0.449 e. The number of alkyl halides is 3. The Hall–Kier alpha value is -1.77. The van der Waals surface area contributed by atoms with Gasteiger partial charge >= 0.3 is 12.3 Å². The lowest BCUT2D eigenvalue weighted by Crippen LogP contribution is -2.31. The van der Waals surface area contributed by atoms with Gasteiger partial charge in [0.25, 0.3) is 10.0 Å². The number of halogens is 3. The lowest BCUT2D eigenvalue weighted by molar-refractivity contribution is -0.137. The van der Waals surface area contributed by atoms with Crippen LogP contribution >= 0.6 is 0 Å². The van der Waals surface area contributed by atoms with Gasteiger partial charge in [-0.2, -0.15) is 13.2 Å². The molecule has 1 N–H and O–H groups in total. The molecule has 0 aromatic heterocycles. The number of benzene rings is 1. The number of hydrogen-bond donors (Lipinski definition) is 1. The Morgan fingerprint density at radius 1 is 1.26 bits per heavy atom. The molecular weight excluding hydrogens is 287 g/mol. The summed E-state index contributed by atoms with van der Waals surface area (Å²) >= 11 is 0. The Balaban J connectivity index is 2.94. The van der Waals surface area contributed by atoms with Gasteiger partial charge in [-0.05, 0) is 31.2 Å². The fourth-order valence-electron chi connectivity index (χ4n) is 1.15. The molecule has 0 saturated carbocycles. The lowest BCUT2D eigenvalue weighted by Gasteiger charge is -2.09. The van der Waals surface area contributed by atoms with Gasteiger partial charge in [-0.3, -0.25) is 0 Å². The second-order valence-corrected chi connectivity index (χ2v) is 5.03. The Morgan fingerprint density at radius 2 is 1.79 bits per heavy atom. The molecule has 1 rings (SSSR count). The lowest BCUT2D eigenvalue weighted by atomic mass is 10.2. The summed E-state index contributed by atoms with van der Waals surface area (Å²) in [6, 6.07) is 2.73. The normalized spacial score (nSPS) is 12.0. The van der Waals surface area contributed by atoms with Crippen LogP contribution in [0.15, 0.2) is 29.2 Å². The third-order valence-electron chi connectivity index (χ3n) is 1.99. The van der Waals surface area contributed by atoms with Crippen molar-refractivity contribution in [3.63, 3.8) is 0 Å². The van der Waals surface area contributed by atoms with Crippen LogP contribution < -0.4 is 4.72 Å². The first-order chi connectivity index (χ1) is 8.66. The number of amides is 1. The van der Waals surface area contributed by atoms with Crippen molar-refractivity contribution in [1.82, 2.24) is 4.72 Å². The SMILES string of the molecule is CCOC(=O)NS(=O)(=O)c1ccc(C(F)(F)F)cc1. The van der Waals surface area contributed by atoms with E-state index in [1.807, 2.05) is 0 Å². The molecule has 0 atom stereocenters. The van der Waals surface area contributed by atoms with Crippen molar-refractivity contribution in [3.8, 4) is 0 Å². The van der Waals surface area contributed by atoms with Gasteiger partial charge in [-0.1, -0.05) is 0 Å². The monoisotopic (exact) mass is 297 g/mol. The summed E-state index contributed by atoms with van der Waals surface area (Å²) in [6.45, 7) is 1.44. The summed E-state index contributed by atoms with van der Waals surface area (Å²) in [5.74, 6) is 0. The highest BCUT2D eigenvalue weighted by Crippen LogP contribution is 2.29. The minimum absolute atomic E-state index is 0.0334. The predicted molar refractivity (Wildman–Crippen MR) is 58.8 cm³/mol. The van der Waals surface area contributed by atoms with E-state index in [9.17, 15) is 26.4 Å². The molecule has 19 heavy (non-hydrogen) atoms. The fourth-order valence-corrected chi connectivity index (χ4v) is 2.04. The van der Waals surface area contributed by atoms with Crippen LogP contribution in [0.1, 0.15) is 12.5 Å². The third kappa shape index (κ3) is 4.12. The van der Waals surface area contributed by atoms with E-state index in [2.05, 4.69) is 4.74 Å². The first-order valence-electron chi connectivity index (χ1n) is 5.03. The van der Waals surface area contributed by atoms with Crippen molar-refractivity contribution in [2.45, 2.75) is 18.0 Å². The largest absolute Gasteiger partial charge is 0.449 e. The van der Waals surface area contributed by atoms with Gasteiger partial charge in [0.15, 0.2) is 0 Å². The first kappa shape index (κ1) is 15.3. The number of carbonyl (C=O) groups excluding carboxylic acids is 1. The molecule has 1 amide bonds. The number of rotatable bonds is 3. The summed E-state index contributed by atoms with van der Waals surface area (Å²) in [6.07, 6.45) is -5.75. The maximum absolute atomic E-state index is 12.3. The average molecular weight is 297 g/mol. The Morgan fingerprint density at radius 3 is 2.21 bits per heavy atom. The zero-order chi connectivity index (χ0) is 14.7. The zero-order valence-electron chi connectivity index (χ0n) is 9.69. The van der Waals surface area contributed by atoms with Crippen molar-refractivity contribution < 1.29 is 31.1 Å².